The third-order valence-electron chi connectivity index (χ3n) is 1.44. The number of likely N-dealkylation sites (N-methyl/N-ethyl adjacent to an activating group) is 1. The molecule has 0 aliphatic heterocycles. The lowest BCUT2D eigenvalue weighted by molar-refractivity contribution is 0.173. The van der Waals surface area contributed by atoms with Gasteiger partial charge in [-0.1, -0.05) is 0 Å². The molecule has 0 radical (unpaired) electrons. The van der Waals surface area contributed by atoms with E-state index < -0.39 is 10.0 Å². The molecule has 0 saturated carbocycles. The van der Waals surface area contributed by atoms with Crippen LogP contribution in [0.25, 0.3) is 0 Å². The molecule has 6 heteroatoms. The summed E-state index contributed by atoms with van der Waals surface area (Å²) in [6, 6.07) is -0.269. The number of rotatable bonds is 5. The van der Waals surface area contributed by atoms with E-state index in [0.717, 1.165) is 6.26 Å². The molecule has 0 aromatic carbocycles. The van der Waals surface area contributed by atoms with E-state index >= 15 is 0 Å². The van der Waals surface area contributed by atoms with Crippen LogP contribution in [0.3, 0.4) is 0 Å². The van der Waals surface area contributed by atoms with Gasteiger partial charge in [-0.25, -0.2) is 12.7 Å². The van der Waals surface area contributed by atoms with Crippen molar-refractivity contribution in [2.24, 2.45) is 5.73 Å². The van der Waals surface area contributed by atoms with Gasteiger partial charge in [0.25, 0.3) is 0 Å². The van der Waals surface area contributed by atoms with Crippen LogP contribution in [0.15, 0.2) is 0 Å². The van der Waals surface area contributed by atoms with Gasteiger partial charge >= 0.3 is 0 Å². The monoisotopic (exact) mass is 196 g/mol. The van der Waals surface area contributed by atoms with Crippen LogP contribution in [0.2, 0.25) is 0 Å². The summed E-state index contributed by atoms with van der Waals surface area (Å²) in [4.78, 5) is 0. The highest BCUT2D eigenvalue weighted by Gasteiger charge is 2.14. The molecule has 5 nitrogen and oxygen atoms in total. The topological polar surface area (TPSA) is 72.6 Å². The first-order valence-electron chi connectivity index (χ1n) is 3.53. The third-order valence-corrected chi connectivity index (χ3v) is 2.72. The Morgan fingerprint density at radius 1 is 1.58 bits per heavy atom. The van der Waals surface area contributed by atoms with Crippen LogP contribution in [-0.2, 0) is 14.8 Å². The van der Waals surface area contributed by atoms with Gasteiger partial charge in [-0.05, 0) is 0 Å². The summed E-state index contributed by atoms with van der Waals surface area (Å²) in [6.07, 6.45) is 1.15. The SMILES string of the molecule is COCC(N)CN(C)S(C)(=O)=O. The molecule has 74 valence electrons. The lowest BCUT2D eigenvalue weighted by Crippen LogP contribution is -2.40. The van der Waals surface area contributed by atoms with Gasteiger partial charge in [0.2, 0.25) is 10.0 Å². The van der Waals surface area contributed by atoms with Gasteiger partial charge in [-0.2, -0.15) is 0 Å². The van der Waals surface area contributed by atoms with E-state index in [9.17, 15) is 8.42 Å². The predicted octanol–water partition coefficient (Wildman–Crippen LogP) is -1.15. The molecule has 1 atom stereocenters. The van der Waals surface area contributed by atoms with Gasteiger partial charge < -0.3 is 10.5 Å². The molecule has 2 N–H and O–H groups in total. The molecule has 0 fully saturated rings. The van der Waals surface area contributed by atoms with Crippen LogP contribution < -0.4 is 5.73 Å². The van der Waals surface area contributed by atoms with Crippen molar-refractivity contribution in [3.8, 4) is 0 Å². The first-order valence-corrected chi connectivity index (χ1v) is 5.38. The number of methoxy groups -OCH3 is 1. The molecular formula is C6H16N2O3S. The highest BCUT2D eigenvalue weighted by atomic mass is 32.2. The second kappa shape index (κ2) is 4.76. The maximum atomic E-state index is 10.9. The van der Waals surface area contributed by atoms with Crippen LogP contribution in [0.5, 0.6) is 0 Å². The normalized spacial score (nSPS) is 15.1. The molecule has 0 aliphatic rings. The van der Waals surface area contributed by atoms with Crippen LogP contribution in [0.4, 0.5) is 0 Å². The van der Waals surface area contributed by atoms with Crippen molar-refractivity contribution in [3.63, 3.8) is 0 Å². The van der Waals surface area contributed by atoms with Gasteiger partial charge in [0.15, 0.2) is 0 Å². The zero-order valence-corrected chi connectivity index (χ0v) is 8.47. The predicted molar refractivity (Wildman–Crippen MR) is 47.3 cm³/mol. The summed E-state index contributed by atoms with van der Waals surface area (Å²) in [5, 5.41) is 0. The zero-order valence-electron chi connectivity index (χ0n) is 7.65. The molecule has 0 rings (SSSR count). The van der Waals surface area contributed by atoms with E-state index in [0.29, 0.717) is 6.61 Å². The van der Waals surface area contributed by atoms with E-state index in [4.69, 9.17) is 10.5 Å². The first-order chi connectivity index (χ1) is 5.38. The molecule has 0 aliphatic carbocycles. The Morgan fingerprint density at radius 2 is 2.08 bits per heavy atom. The van der Waals surface area contributed by atoms with Crippen LogP contribution in [0.1, 0.15) is 0 Å². The molecular weight excluding hydrogens is 180 g/mol. The minimum absolute atomic E-state index is 0.269. The number of ether oxygens (including phenoxy) is 1. The van der Waals surface area contributed by atoms with Crippen molar-refractivity contribution >= 4 is 10.0 Å². The molecule has 0 spiro atoms. The second-order valence-corrected chi connectivity index (χ2v) is 4.85. The molecule has 0 bridgehead atoms. The Morgan fingerprint density at radius 3 is 2.42 bits per heavy atom. The van der Waals surface area contributed by atoms with Crippen molar-refractivity contribution in [2.45, 2.75) is 6.04 Å². The molecule has 12 heavy (non-hydrogen) atoms. The van der Waals surface area contributed by atoms with Gasteiger partial charge in [0, 0.05) is 26.7 Å². The van der Waals surface area contributed by atoms with E-state index in [1.54, 1.807) is 0 Å². The summed E-state index contributed by atoms with van der Waals surface area (Å²) in [5.74, 6) is 0. The molecule has 0 heterocycles. The summed E-state index contributed by atoms with van der Waals surface area (Å²) in [6.45, 7) is 0.645. The van der Waals surface area contributed by atoms with Gasteiger partial charge in [-0.3, -0.25) is 0 Å². The average molecular weight is 196 g/mol. The fourth-order valence-corrected chi connectivity index (χ4v) is 1.19. The number of nitrogens with two attached hydrogens (primary N) is 1. The third kappa shape index (κ3) is 4.66. The lowest BCUT2D eigenvalue weighted by atomic mass is 10.3. The Labute approximate surface area is 73.5 Å². The summed E-state index contributed by atoms with van der Waals surface area (Å²) in [5.41, 5.74) is 5.55. The Bertz CT molecular complexity index is 215. The molecule has 1 unspecified atom stereocenters. The molecule has 0 aromatic rings. The second-order valence-electron chi connectivity index (χ2n) is 2.76. The Balaban J connectivity index is 3.93. The molecule has 0 aromatic heterocycles. The van der Waals surface area contributed by atoms with E-state index in [-0.39, 0.29) is 12.6 Å². The first kappa shape index (κ1) is 11.8. The molecule has 0 amide bonds. The molecule has 0 saturated heterocycles. The van der Waals surface area contributed by atoms with Crippen LogP contribution >= 0.6 is 0 Å². The largest absolute Gasteiger partial charge is 0.383 e. The lowest BCUT2D eigenvalue weighted by Gasteiger charge is -2.18. The van der Waals surface area contributed by atoms with E-state index in [1.807, 2.05) is 0 Å². The van der Waals surface area contributed by atoms with Gasteiger partial charge in [-0.15, -0.1) is 0 Å². The maximum absolute atomic E-state index is 10.9. The fourth-order valence-electron chi connectivity index (χ4n) is 0.732. The maximum Gasteiger partial charge on any atom is 0.211 e. The zero-order chi connectivity index (χ0) is 9.78. The highest BCUT2D eigenvalue weighted by molar-refractivity contribution is 7.88. The number of hydrogen-bond donors (Lipinski definition) is 1. The van der Waals surface area contributed by atoms with E-state index in [2.05, 4.69) is 0 Å². The Kier molecular flexibility index (Phi) is 4.69. The van der Waals surface area contributed by atoms with Crippen LogP contribution in [-0.4, -0.2) is 52.3 Å². The van der Waals surface area contributed by atoms with Crippen LogP contribution in [0, 0.1) is 0 Å². The number of sulfonamides is 1. The average Bonchev–Trinajstić information content (AvgIpc) is 1.85. The Hall–Kier alpha value is -0.170. The summed E-state index contributed by atoms with van der Waals surface area (Å²) < 4.78 is 27.8. The van der Waals surface area contributed by atoms with Crippen molar-refractivity contribution in [1.82, 2.24) is 4.31 Å². The quantitative estimate of drug-likeness (QED) is 0.602. The van der Waals surface area contributed by atoms with Crippen molar-refractivity contribution < 1.29 is 13.2 Å². The van der Waals surface area contributed by atoms with Crippen molar-refractivity contribution in [2.75, 3.05) is 33.6 Å². The summed E-state index contributed by atoms with van der Waals surface area (Å²) >= 11 is 0. The fraction of sp³-hybridized carbons (Fsp3) is 1.00. The van der Waals surface area contributed by atoms with Gasteiger partial charge in [0.1, 0.15) is 0 Å². The summed E-state index contributed by atoms with van der Waals surface area (Å²) in [7, 11) is -0.0994. The highest BCUT2D eigenvalue weighted by Crippen LogP contribution is 1.94. The van der Waals surface area contributed by atoms with Crippen molar-refractivity contribution in [1.29, 1.82) is 0 Å². The standard InChI is InChI=1S/C6H16N2O3S/c1-8(12(3,9)10)4-6(7)5-11-2/h6H,4-5,7H2,1-3H3. The van der Waals surface area contributed by atoms with Gasteiger partial charge in [0.05, 0.1) is 12.9 Å². The number of nitrogens with zero attached hydrogens (tertiary/aromatic N) is 1. The smallest absolute Gasteiger partial charge is 0.211 e. The van der Waals surface area contributed by atoms with E-state index in [1.165, 1.54) is 18.5 Å². The van der Waals surface area contributed by atoms with Crippen molar-refractivity contribution in [3.05, 3.63) is 0 Å². The number of hydrogen-bond acceptors (Lipinski definition) is 4. The minimum Gasteiger partial charge on any atom is -0.383 e. The minimum atomic E-state index is -3.12.